The molecular formula is C21H19NO3. The summed E-state index contributed by atoms with van der Waals surface area (Å²) >= 11 is 0. The van der Waals surface area contributed by atoms with Gasteiger partial charge in [-0.05, 0) is 29.8 Å². The van der Waals surface area contributed by atoms with Crippen LogP contribution in [0.1, 0.15) is 5.56 Å². The van der Waals surface area contributed by atoms with E-state index in [9.17, 15) is 4.79 Å². The molecule has 0 bridgehead atoms. The maximum Gasteiger partial charge on any atom is 0.258 e. The molecule has 0 unspecified atom stereocenters. The number of amides is 1. The van der Waals surface area contributed by atoms with Crippen molar-refractivity contribution in [1.82, 2.24) is 5.32 Å². The normalized spacial score (nSPS) is 10.1. The van der Waals surface area contributed by atoms with Gasteiger partial charge in [0.1, 0.15) is 17.2 Å². The van der Waals surface area contributed by atoms with Crippen molar-refractivity contribution < 1.29 is 14.3 Å². The summed E-state index contributed by atoms with van der Waals surface area (Å²) in [6.45, 7) is 0.446. The molecule has 0 radical (unpaired) electrons. The van der Waals surface area contributed by atoms with Gasteiger partial charge in [0.2, 0.25) is 0 Å². The minimum absolute atomic E-state index is 0.0401. The second-order valence-corrected chi connectivity index (χ2v) is 5.44. The fraction of sp³-hybridized carbons (Fsp3) is 0.0952. The molecule has 25 heavy (non-hydrogen) atoms. The Labute approximate surface area is 147 Å². The van der Waals surface area contributed by atoms with Gasteiger partial charge in [0.15, 0.2) is 6.61 Å². The average molecular weight is 333 g/mol. The van der Waals surface area contributed by atoms with Crippen molar-refractivity contribution >= 4 is 5.91 Å². The number of ether oxygens (including phenoxy) is 2. The van der Waals surface area contributed by atoms with E-state index >= 15 is 0 Å². The van der Waals surface area contributed by atoms with Crippen LogP contribution in [0.3, 0.4) is 0 Å². The summed E-state index contributed by atoms with van der Waals surface area (Å²) in [4.78, 5) is 11.9. The van der Waals surface area contributed by atoms with Gasteiger partial charge in [-0.1, -0.05) is 54.6 Å². The molecule has 3 aromatic rings. The van der Waals surface area contributed by atoms with Gasteiger partial charge < -0.3 is 14.8 Å². The molecule has 0 atom stereocenters. The number of rotatable bonds is 7. The van der Waals surface area contributed by atoms with Crippen LogP contribution >= 0.6 is 0 Å². The van der Waals surface area contributed by atoms with E-state index in [1.807, 2.05) is 72.8 Å². The van der Waals surface area contributed by atoms with Crippen LogP contribution in [0.25, 0.3) is 0 Å². The van der Waals surface area contributed by atoms with Crippen molar-refractivity contribution in [2.75, 3.05) is 6.61 Å². The lowest BCUT2D eigenvalue weighted by Crippen LogP contribution is -2.28. The number of nitrogens with one attached hydrogen (secondary N) is 1. The zero-order chi connectivity index (χ0) is 17.3. The topological polar surface area (TPSA) is 47.6 Å². The summed E-state index contributed by atoms with van der Waals surface area (Å²) in [5.74, 6) is 1.83. The summed E-state index contributed by atoms with van der Waals surface area (Å²) in [6.07, 6.45) is 0. The molecule has 0 saturated heterocycles. The van der Waals surface area contributed by atoms with E-state index in [1.54, 1.807) is 12.1 Å². The van der Waals surface area contributed by atoms with Gasteiger partial charge in [-0.25, -0.2) is 0 Å². The molecule has 3 aromatic carbocycles. The predicted octanol–water partition coefficient (Wildman–Crippen LogP) is 4.17. The first-order valence-electron chi connectivity index (χ1n) is 8.06. The molecule has 0 heterocycles. The molecule has 0 aliphatic heterocycles. The summed E-state index contributed by atoms with van der Waals surface area (Å²) in [5, 5.41) is 2.83. The average Bonchev–Trinajstić information content (AvgIpc) is 2.67. The van der Waals surface area contributed by atoms with Crippen LogP contribution in [0.4, 0.5) is 0 Å². The number of hydrogen-bond acceptors (Lipinski definition) is 3. The van der Waals surface area contributed by atoms with Crippen molar-refractivity contribution in [2.45, 2.75) is 6.54 Å². The van der Waals surface area contributed by atoms with E-state index in [0.29, 0.717) is 18.0 Å². The fourth-order valence-corrected chi connectivity index (χ4v) is 2.25. The monoisotopic (exact) mass is 333 g/mol. The minimum atomic E-state index is -0.168. The van der Waals surface area contributed by atoms with Gasteiger partial charge in [-0.3, -0.25) is 4.79 Å². The van der Waals surface area contributed by atoms with E-state index in [0.717, 1.165) is 11.3 Å². The van der Waals surface area contributed by atoms with Gasteiger partial charge in [0.25, 0.3) is 5.91 Å². The van der Waals surface area contributed by atoms with Gasteiger partial charge in [0, 0.05) is 12.6 Å². The number of carbonyl (C=O) groups excluding carboxylic acids is 1. The Morgan fingerprint density at radius 3 is 2.16 bits per heavy atom. The lowest BCUT2D eigenvalue weighted by atomic mass is 10.2. The lowest BCUT2D eigenvalue weighted by Gasteiger charge is -2.10. The van der Waals surface area contributed by atoms with Gasteiger partial charge >= 0.3 is 0 Å². The first kappa shape index (κ1) is 16.6. The number of hydrogen-bond donors (Lipinski definition) is 1. The van der Waals surface area contributed by atoms with Crippen LogP contribution < -0.4 is 14.8 Å². The van der Waals surface area contributed by atoms with Crippen LogP contribution in [0.2, 0.25) is 0 Å². The largest absolute Gasteiger partial charge is 0.484 e. The molecule has 4 nitrogen and oxygen atoms in total. The van der Waals surface area contributed by atoms with Crippen LogP contribution in [0.5, 0.6) is 17.2 Å². The smallest absolute Gasteiger partial charge is 0.258 e. The van der Waals surface area contributed by atoms with Crippen LogP contribution in [0.15, 0.2) is 84.9 Å². The van der Waals surface area contributed by atoms with Gasteiger partial charge in [0.05, 0.1) is 0 Å². The first-order valence-corrected chi connectivity index (χ1v) is 8.06. The Hall–Kier alpha value is -3.27. The van der Waals surface area contributed by atoms with E-state index < -0.39 is 0 Å². The molecule has 0 aliphatic carbocycles. The summed E-state index contributed by atoms with van der Waals surface area (Å²) in [6, 6.07) is 26.5. The van der Waals surface area contributed by atoms with E-state index in [2.05, 4.69) is 5.32 Å². The summed E-state index contributed by atoms with van der Waals surface area (Å²) in [7, 11) is 0. The Balaban J connectivity index is 1.49. The third-order valence-corrected chi connectivity index (χ3v) is 3.49. The SMILES string of the molecule is O=C(COc1cccc(Oc2ccccc2)c1)NCc1ccccc1. The van der Waals surface area contributed by atoms with Crippen LogP contribution in [-0.2, 0) is 11.3 Å². The Kier molecular flexibility index (Phi) is 5.67. The summed E-state index contributed by atoms with van der Waals surface area (Å²) < 4.78 is 11.3. The minimum Gasteiger partial charge on any atom is -0.484 e. The highest BCUT2D eigenvalue weighted by molar-refractivity contribution is 5.77. The van der Waals surface area contributed by atoms with Crippen LogP contribution in [-0.4, -0.2) is 12.5 Å². The Bertz CT molecular complexity index is 804. The molecule has 3 rings (SSSR count). The molecule has 0 saturated carbocycles. The van der Waals surface area contributed by atoms with Crippen molar-refractivity contribution in [1.29, 1.82) is 0 Å². The number of benzene rings is 3. The number of carbonyl (C=O) groups is 1. The van der Waals surface area contributed by atoms with Gasteiger partial charge in [-0.2, -0.15) is 0 Å². The van der Waals surface area contributed by atoms with Gasteiger partial charge in [-0.15, -0.1) is 0 Å². The van der Waals surface area contributed by atoms with Crippen LogP contribution in [0, 0.1) is 0 Å². The predicted molar refractivity (Wildman–Crippen MR) is 96.7 cm³/mol. The molecule has 0 fully saturated rings. The highest BCUT2D eigenvalue weighted by Gasteiger charge is 2.04. The second-order valence-electron chi connectivity index (χ2n) is 5.44. The molecule has 1 N–H and O–H groups in total. The molecule has 0 aliphatic rings. The highest BCUT2D eigenvalue weighted by Crippen LogP contribution is 2.24. The number of para-hydroxylation sites is 1. The Morgan fingerprint density at radius 2 is 1.40 bits per heavy atom. The first-order chi connectivity index (χ1) is 12.3. The summed E-state index contributed by atoms with van der Waals surface area (Å²) in [5.41, 5.74) is 1.05. The third-order valence-electron chi connectivity index (χ3n) is 3.49. The zero-order valence-electron chi connectivity index (χ0n) is 13.7. The van der Waals surface area contributed by atoms with E-state index in [1.165, 1.54) is 0 Å². The molecule has 0 spiro atoms. The molecule has 4 heteroatoms. The van der Waals surface area contributed by atoms with Crippen molar-refractivity contribution in [3.63, 3.8) is 0 Å². The zero-order valence-corrected chi connectivity index (χ0v) is 13.7. The molecule has 126 valence electrons. The van der Waals surface area contributed by atoms with Crippen molar-refractivity contribution in [3.05, 3.63) is 90.5 Å². The standard InChI is InChI=1S/C21H19NO3/c23-21(22-15-17-8-3-1-4-9-17)16-24-19-12-7-13-20(14-19)25-18-10-5-2-6-11-18/h1-14H,15-16H2,(H,22,23). The maximum absolute atomic E-state index is 11.9. The van der Waals surface area contributed by atoms with Crippen molar-refractivity contribution in [3.8, 4) is 17.2 Å². The molecule has 0 aromatic heterocycles. The lowest BCUT2D eigenvalue weighted by molar-refractivity contribution is -0.123. The fourth-order valence-electron chi connectivity index (χ4n) is 2.25. The Morgan fingerprint density at radius 1 is 0.760 bits per heavy atom. The molecule has 1 amide bonds. The molecular weight excluding hydrogens is 314 g/mol. The highest BCUT2D eigenvalue weighted by atomic mass is 16.5. The van der Waals surface area contributed by atoms with E-state index in [-0.39, 0.29) is 12.5 Å². The van der Waals surface area contributed by atoms with E-state index in [4.69, 9.17) is 9.47 Å². The maximum atomic E-state index is 11.9. The van der Waals surface area contributed by atoms with Crippen molar-refractivity contribution in [2.24, 2.45) is 0 Å². The quantitative estimate of drug-likeness (QED) is 0.706. The third kappa shape index (κ3) is 5.39. The second kappa shape index (κ2) is 8.55.